The Bertz CT molecular complexity index is 2040. The minimum atomic E-state index is -1.80. The monoisotopic (exact) mass is 1440 g/mol. The van der Waals surface area contributed by atoms with Crippen LogP contribution in [0.4, 0.5) is 0 Å². The average Bonchev–Trinajstić information content (AvgIpc) is 0.790. The molecule has 12 unspecified atom stereocenters. The molecule has 2 rings (SSSR count). The molecule has 2 aliphatic heterocycles. The summed E-state index contributed by atoms with van der Waals surface area (Å²) < 4.78 is 22.9. The lowest BCUT2D eigenvalue weighted by molar-refractivity contribution is -0.359. The summed E-state index contributed by atoms with van der Waals surface area (Å²) in [5, 5.41) is 87.7. The van der Waals surface area contributed by atoms with Crippen molar-refractivity contribution in [1.82, 2.24) is 5.32 Å². The fraction of sp³-hybridized carbons (Fsp3) is 0.830. The second kappa shape index (κ2) is 71.1. The van der Waals surface area contributed by atoms with Gasteiger partial charge in [0.15, 0.2) is 12.6 Å². The van der Waals surface area contributed by atoms with Crippen molar-refractivity contribution in [3.05, 3.63) is 85.1 Å². The van der Waals surface area contributed by atoms with Gasteiger partial charge >= 0.3 is 0 Å². The van der Waals surface area contributed by atoms with Crippen LogP contribution in [0.2, 0.25) is 0 Å². The first kappa shape index (κ1) is 95.2. The molecule has 0 saturated carbocycles. The lowest BCUT2D eigenvalue weighted by Crippen LogP contribution is -2.65. The van der Waals surface area contributed by atoms with Crippen LogP contribution in [0.5, 0.6) is 0 Å². The van der Waals surface area contributed by atoms with Gasteiger partial charge in [-0.3, -0.25) is 4.79 Å². The zero-order chi connectivity index (χ0) is 73.7. The molecular weight excluding hydrogens is 1280 g/mol. The molecule has 102 heavy (non-hydrogen) atoms. The topological polar surface area (TPSA) is 228 Å². The highest BCUT2D eigenvalue weighted by Crippen LogP contribution is 2.30. The van der Waals surface area contributed by atoms with Gasteiger partial charge in [-0.25, -0.2) is 0 Å². The number of aliphatic hydroxyl groups excluding tert-OH is 8. The van der Waals surface area contributed by atoms with Gasteiger partial charge in [0.2, 0.25) is 5.91 Å². The Morgan fingerprint density at radius 2 is 0.686 bits per heavy atom. The summed E-state index contributed by atoms with van der Waals surface area (Å²) in [6.07, 6.45) is 84.1. The van der Waals surface area contributed by atoms with Crippen molar-refractivity contribution < 1.29 is 64.6 Å². The summed E-state index contributed by atoms with van der Waals surface area (Å²) in [4.78, 5) is 13.4. The van der Waals surface area contributed by atoms with Gasteiger partial charge in [0.1, 0.15) is 48.8 Å². The van der Waals surface area contributed by atoms with E-state index in [9.17, 15) is 45.6 Å². The highest BCUT2D eigenvalue weighted by atomic mass is 16.7. The van der Waals surface area contributed by atoms with Crippen LogP contribution >= 0.6 is 0 Å². The van der Waals surface area contributed by atoms with Gasteiger partial charge < -0.3 is 65.1 Å². The summed E-state index contributed by atoms with van der Waals surface area (Å²) in [5.41, 5.74) is 0. The van der Waals surface area contributed by atoms with Crippen LogP contribution in [0.15, 0.2) is 85.1 Å². The number of nitrogens with one attached hydrogen (secondary N) is 1. The zero-order valence-corrected chi connectivity index (χ0v) is 65.3. The number of carbonyl (C=O) groups is 1. The molecule has 14 heteroatoms. The van der Waals surface area contributed by atoms with E-state index in [1.54, 1.807) is 6.08 Å². The standard InChI is InChI=1S/C88H159NO13/c1-3-5-7-9-11-13-15-17-19-21-23-25-27-29-31-33-34-35-36-37-38-39-40-41-42-44-46-48-50-52-54-56-58-60-62-64-66-68-70-72-80(93)89-76(75-99-87-85(98)83(96)86(79(74-91)101-87)102-88-84(97)82(95)81(94)78(73-90)100-88)77(92)71-69-67-65-63-61-59-57-55-53-51-49-47-45-43-32-30-28-26-24-22-20-18-16-14-12-10-8-6-4-2/h5,7,11,13,17,19,23,25,53,55,61,63,69,71,76-79,81-88,90-92,94-98H,3-4,6,8-10,12,14-16,18,20-22,24,26-52,54,56-60,62,64-68,70,72-75H2,1-2H3,(H,89,93)/b7-5-,13-11-,19-17-,25-23-,55-53+,63-61+,71-69+. The zero-order valence-electron chi connectivity index (χ0n) is 65.3. The molecule has 2 heterocycles. The Morgan fingerprint density at radius 1 is 0.363 bits per heavy atom. The number of ether oxygens (including phenoxy) is 4. The van der Waals surface area contributed by atoms with E-state index in [2.05, 4.69) is 92.1 Å². The molecule has 0 spiro atoms. The molecule has 0 bridgehead atoms. The second-order valence-electron chi connectivity index (χ2n) is 29.9. The predicted molar refractivity (Wildman–Crippen MR) is 424 cm³/mol. The molecule has 0 radical (unpaired) electrons. The molecule has 1 amide bonds. The quantitative estimate of drug-likeness (QED) is 0.0204. The van der Waals surface area contributed by atoms with Gasteiger partial charge in [0.05, 0.1) is 32.0 Å². The maximum atomic E-state index is 13.4. The third-order valence-electron chi connectivity index (χ3n) is 20.5. The van der Waals surface area contributed by atoms with Crippen molar-refractivity contribution in [3.63, 3.8) is 0 Å². The lowest BCUT2D eigenvalue weighted by Gasteiger charge is -2.46. The normalized spacial score (nSPS) is 22.1. The number of aliphatic hydroxyl groups is 8. The molecule has 0 aromatic rings. The van der Waals surface area contributed by atoms with Crippen LogP contribution in [0.1, 0.15) is 373 Å². The van der Waals surface area contributed by atoms with Crippen LogP contribution in [0, 0.1) is 0 Å². The van der Waals surface area contributed by atoms with Crippen LogP contribution in [0.25, 0.3) is 0 Å². The maximum Gasteiger partial charge on any atom is 0.220 e. The van der Waals surface area contributed by atoms with Crippen LogP contribution < -0.4 is 5.32 Å². The largest absolute Gasteiger partial charge is 0.394 e. The number of rotatable bonds is 72. The van der Waals surface area contributed by atoms with Crippen molar-refractivity contribution in [2.24, 2.45) is 0 Å². The molecule has 594 valence electrons. The third-order valence-corrected chi connectivity index (χ3v) is 20.5. The van der Waals surface area contributed by atoms with Gasteiger partial charge in [0.25, 0.3) is 0 Å². The summed E-state index contributed by atoms with van der Waals surface area (Å²) in [6.45, 7) is 2.72. The lowest BCUT2D eigenvalue weighted by atomic mass is 9.97. The summed E-state index contributed by atoms with van der Waals surface area (Å²) in [5.74, 6) is -0.247. The van der Waals surface area contributed by atoms with E-state index in [1.165, 1.54) is 270 Å². The van der Waals surface area contributed by atoms with Gasteiger partial charge in [-0.2, -0.15) is 0 Å². The number of unbranched alkanes of at least 4 members (excludes halogenated alkanes) is 47. The van der Waals surface area contributed by atoms with Crippen molar-refractivity contribution in [2.45, 2.75) is 447 Å². The fourth-order valence-corrected chi connectivity index (χ4v) is 13.9. The fourth-order valence-electron chi connectivity index (χ4n) is 13.9. The first-order valence-electron chi connectivity index (χ1n) is 42.8. The maximum absolute atomic E-state index is 13.4. The molecule has 2 aliphatic rings. The Hall–Kier alpha value is -2.83. The minimum Gasteiger partial charge on any atom is -0.394 e. The van der Waals surface area contributed by atoms with Gasteiger partial charge in [-0.1, -0.05) is 369 Å². The summed E-state index contributed by atoms with van der Waals surface area (Å²) in [7, 11) is 0. The Labute approximate surface area is 624 Å². The SMILES string of the molecule is CC/C=C\C/C=C\C/C=C\C/C=C\CCCCCCCCCCCCCCCCCCCCCCCCCCCCC(=O)NC(COC1OC(CO)C(OC2OC(CO)C(O)C(O)C2O)C(O)C1O)C(O)/C=C/CC/C=C/CC/C=C/CCCCCCCCCCCCCCCCCCCCC. The highest BCUT2D eigenvalue weighted by molar-refractivity contribution is 5.76. The molecule has 14 nitrogen and oxygen atoms in total. The van der Waals surface area contributed by atoms with Gasteiger partial charge in [0, 0.05) is 6.42 Å². The minimum absolute atomic E-state index is 0.247. The second-order valence-corrected chi connectivity index (χ2v) is 29.9. The van der Waals surface area contributed by atoms with E-state index in [-0.39, 0.29) is 18.9 Å². The number of allylic oxidation sites excluding steroid dienone is 13. The van der Waals surface area contributed by atoms with Crippen molar-refractivity contribution in [3.8, 4) is 0 Å². The summed E-state index contributed by atoms with van der Waals surface area (Å²) in [6, 6.07) is -0.942. The van der Waals surface area contributed by atoms with E-state index < -0.39 is 86.8 Å². The van der Waals surface area contributed by atoms with Crippen molar-refractivity contribution >= 4 is 5.91 Å². The number of amides is 1. The molecule has 2 fully saturated rings. The first-order chi connectivity index (χ1) is 50.1. The number of hydrogen-bond donors (Lipinski definition) is 9. The van der Waals surface area contributed by atoms with Gasteiger partial charge in [-0.15, -0.1) is 0 Å². The predicted octanol–water partition coefficient (Wildman–Crippen LogP) is 20.3. The smallest absolute Gasteiger partial charge is 0.220 e. The van der Waals surface area contributed by atoms with E-state index in [0.29, 0.717) is 12.8 Å². The summed E-state index contributed by atoms with van der Waals surface area (Å²) >= 11 is 0. The molecule has 0 aromatic carbocycles. The Balaban J connectivity index is 1.59. The third kappa shape index (κ3) is 53.0. The van der Waals surface area contributed by atoms with Crippen molar-refractivity contribution in [1.29, 1.82) is 0 Å². The van der Waals surface area contributed by atoms with E-state index in [0.717, 1.165) is 70.6 Å². The van der Waals surface area contributed by atoms with Crippen LogP contribution in [0.3, 0.4) is 0 Å². The molecular formula is C88H159NO13. The average molecular weight is 1440 g/mol. The molecule has 12 atom stereocenters. The number of hydrogen-bond acceptors (Lipinski definition) is 13. The Kier molecular flexibility index (Phi) is 66.4. The number of carbonyl (C=O) groups excluding carboxylic acids is 1. The van der Waals surface area contributed by atoms with E-state index in [4.69, 9.17) is 18.9 Å². The molecule has 0 aliphatic carbocycles. The first-order valence-corrected chi connectivity index (χ1v) is 42.8. The van der Waals surface area contributed by atoms with Crippen molar-refractivity contribution in [2.75, 3.05) is 19.8 Å². The van der Waals surface area contributed by atoms with Crippen LogP contribution in [-0.2, 0) is 23.7 Å². The highest BCUT2D eigenvalue weighted by Gasteiger charge is 2.51. The molecule has 9 N–H and O–H groups in total. The van der Waals surface area contributed by atoms with E-state index in [1.807, 2.05) is 6.08 Å². The van der Waals surface area contributed by atoms with Crippen LogP contribution in [-0.4, -0.2) is 140 Å². The van der Waals surface area contributed by atoms with Gasteiger partial charge in [-0.05, 0) is 83.5 Å². The molecule has 0 aromatic heterocycles. The van der Waals surface area contributed by atoms with E-state index >= 15 is 0 Å². The Morgan fingerprint density at radius 3 is 1.08 bits per heavy atom. The molecule has 2 saturated heterocycles.